The van der Waals surface area contributed by atoms with E-state index in [9.17, 15) is 0 Å². The maximum Gasteiger partial charge on any atom is 0.194 e. The fourth-order valence-corrected chi connectivity index (χ4v) is 2.04. The fourth-order valence-electron chi connectivity index (χ4n) is 2.04. The van der Waals surface area contributed by atoms with E-state index in [1.807, 2.05) is 33.0 Å². The lowest BCUT2D eigenvalue weighted by molar-refractivity contribution is 0.155. The lowest BCUT2D eigenvalue weighted by atomic mass is 10.2. The molecule has 5 nitrogen and oxygen atoms in total. The Labute approximate surface area is 134 Å². The fraction of sp³-hybridized carbons (Fsp3) is 0.588. The molecule has 0 aliphatic carbocycles. The van der Waals surface area contributed by atoms with Crippen molar-refractivity contribution in [1.82, 2.24) is 10.2 Å². The second-order valence-corrected chi connectivity index (χ2v) is 4.87. The van der Waals surface area contributed by atoms with Crippen molar-refractivity contribution in [2.24, 2.45) is 4.99 Å². The SMILES string of the molecule is CCNC(=NCCOCC)N(C)Cc1ccc(OCC)cc1. The van der Waals surface area contributed by atoms with Gasteiger partial charge in [-0.15, -0.1) is 0 Å². The Morgan fingerprint density at radius 1 is 1.14 bits per heavy atom. The normalized spacial score (nSPS) is 11.4. The molecule has 0 heterocycles. The van der Waals surface area contributed by atoms with E-state index in [0.29, 0.717) is 19.8 Å². The minimum absolute atomic E-state index is 0.655. The number of rotatable bonds is 9. The van der Waals surface area contributed by atoms with E-state index < -0.39 is 0 Å². The van der Waals surface area contributed by atoms with Crippen LogP contribution in [0.3, 0.4) is 0 Å². The van der Waals surface area contributed by atoms with Crippen LogP contribution >= 0.6 is 0 Å². The van der Waals surface area contributed by atoms with Crippen molar-refractivity contribution in [1.29, 1.82) is 0 Å². The van der Waals surface area contributed by atoms with Crippen LogP contribution in [0, 0.1) is 0 Å². The van der Waals surface area contributed by atoms with Gasteiger partial charge in [-0.25, -0.2) is 0 Å². The predicted molar refractivity (Wildman–Crippen MR) is 91.5 cm³/mol. The summed E-state index contributed by atoms with van der Waals surface area (Å²) < 4.78 is 10.8. The second kappa shape index (κ2) is 10.9. The molecular formula is C17H29N3O2. The van der Waals surface area contributed by atoms with Gasteiger partial charge in [-0.2, -0.15) is 0 Å². The Balaban J connectivity index is 2.59. The van der Waals surface area contributed by atoms with Crippen molar-refractivity contribution in [2.45, 2.75) is 27.3 Å². The van der Waals surface area contributed by atoms with Crippen molar-refractivity contribution >= 4 is 5.96 Å². The summed E-state index contributed by atoms with van der Waals surface area (Å²) in [4.78, 5) is 6.69. The number of nitrogens with one attached hydrogen (secondary N) is 1. The highest BCUT2D eigenvalue weighted by molar-refractivity contribution is 5.79. The van der Waals surface area contributed by atoms with Gasteiger partial charge in [-0.05, 0) is 38.5 Å². The molecular weight excluding hydrogens is 278 g/mol. The summed E-state index contributed by atoms with van der Waals surface area (Å²) in [5, 5.41) is 3.31. The monoisotopic (exact) mass is 307 g/mol. The number of hydrogen-bond acceptors (Lipinski definition) is 3. The van der Waals surface area contributed by atoms with Crippen LogP contribution < -0.4 is 10.1 Å². The van der Waals surface area contributed by atoms with Gasteiger partial charge in [0, 0.05) is 26.7 Å². The van der Waals surface area contributed by atoms with Crippen LogP contribution in [-0.4, -0.2) is 50.8 Å². The van der Waals surface area contributed by atoms with Crippen molar-refractivity contribution < 1.29 is 9.47 Å². The summed E-state index contributed by atoms with van der Waals surface area (Å²) in [6, 6.07) is 8.19. The summed E-state index contributed by atoms with van der Waals surface area (Å²) in [6.45, 7) is 10.4. The largest absolute Gasteiger partial charge is 0.494 e. The number of hydrogen-bond donors (Lipinski definition) is 1. The Hall–Kier alpha value is -1.75. The molecule has 0 saturated heterocycles. The molecule has 1 N–H and O–H groups in total. The first kappa shape index (κ1) is 18.3. The summed E-state index contributed by atoms with van der Waals surface area (Å²) >= 11 is 0. The first-order valence-corrected chi connectivity index (χ1v) is 8.00. The number of benzene rings is 1. The van der Waals surface area contributed by atoms with Gasteiger partial charge in [0.05, 0.1) is 19.8 Å². The van der Waals surface area contributed by atoms with Gasteiger partial charge in [0.15, 0.2) is 5.96 Å². The van der Waals surface area contributed by atoms with Gasteiger partial charge in [0.2, 0.25) is 0 Å². The highest BCUT2D eigenvalue weighted by Crippen LogP contribution is 2.13. The number of aliphatic imine (C=N–C) groups is 1. The van der Waals surface area contributed by atoms with Crippen LogP contribution in [-0.2, 0) is 11.3 Å². The third kappa shape index (κ3) is 6.80. The summed E-state index contributed by atoms with van der Waals surface area (Å²) in [6.07, 6.45) is 0. The van der Waals surface area contributed by atoms with E-state index in [2.05, 4.69) is 34.3 Å². The molecule has 5 heteroatoms. The van der Waals surface area contributed by atoms with Crippen molar-refractivity contribution in [3.8, 4) is 5.75 Å². The molecule has 0 aliphatic rings. The van der Waals surface area contributed by atoms with Crippen LogP contribution in [0.4, 0.5) is 0 Å². The first-order chi connectivity index (χ1) is 10.7. The van der Waals surface area contributed by atoms with Crippen molar-refractivity contribution in [2.75, 3.05) is 40.0 Å². The van der Waals surface area contributed by atoms with Crippen molar-refractivity contribution in [3.63, 3.8) is 0 Å². The average Bonchev–Trinajstić information content (AvgIpc) is 2.52. The third-order valence-corrected chi connectivity index (χ3v) is 3.05. The maximum atomic E-state index is 5.46. The first-order valence-electron chi connectivity index (χ1n) is 8.00. The Kier molecular flexibility index (Phi) is 9.07. The lowest BCUT2D eigenvalue weighted by Crippen LogP contribution is -2.38. The van der Waals surface area contributed by atoms with Gasteiger partial charge in [-0.3, -0.25) is 4.99 Å². The minimum atomic E-state index is 0.655. The average molecular weight is 307 g/mol. The van der Waals surface area contributed by atoms with Gasteiger partial charge in [-0.1, -0.05) is 12.1 Å². The second-order valence-electron chi connectivity index (χ2n) is 4.87. The molecule has 0 aliphatic heterocycles. The van der Waals surface area contributed by atoms with Crippen LogP contribution in [0.25, 0.3) is 0 Å². The zero-order chi connectivity index (χ0) is 16.2. The topological polar surface area (TPSA) is 46.1 Å². The van der Waals surface area contributed by atoms with Crippen LogP contribution in [0.15, 0.2) is 29.3 Å². The molecule has 0 bridgehead atoms. The van der Waals surface area contributed by atoms with E-state index >= 15 is 0 Å². The van der Waals surface area contributed by atoms with Gasteiger partial charge >= 0.3 is 0 Å². The minimum Gasteiger partial charge on any atom is -0.494 e. The Morgan fingerprint density at radius 2 is 1.86 bits per heavy atom. The van der Waals surface area contributed by atoms with Crippen LogP contribution in [0.2, 0.25) is 0 Å². The molecule has 0 saturated carbocycles. The molecule has 1 rings (SSSR count). The van der Waals surface area contributed by atoms with Crippen molar-refractivity contribution in [3.05, 3.63) is 29.8 Å². The molecule has 0 atom stereocenters. The van der Waals surface area contributed by atoms with E-state index in [1.54, 1.807) is 0 Å². The molecule has 124 valence electrons. The summed E-state index contributed by atoms with van der Waals surface area (Å²) in [5.41, 5.74) is 1.22. The van der Waals surface area contributed by atoms with E-state index in [4.69, 9.17) is 9.47 Å². The van der Waals surface area contributed by atoms with E-state index in [1.165, 1.54) is 5.56 Å². The molecule has 0 aromatic heterocycles. The molecule has 1 aromatic carbocycles. The highest BCUT2D eigenvalue weighted by atomic mass is 16.5. The molecule has 22 heavy (non-hydrogen) atoms. The van der Waals surface area contributed by atoms with Gasteiger partial charge in [0.1, 0.15) is 5.75 Å². The molecule has 0 amide bonds. The quantitative estimate of drug-likeness (QED) is 0.432. The zero-order valence-electron chi connectivity index (χ0n) is 14.3. The van der Waals surface area contributed by atoms with Crippen LogP contribution in [0.5, 0.6) is 5.75 Å². The third-order valence-electron chi connectivity index (χ3n) is 3.05. The van der Waals surface area contributed by atoms with Crippen LogP contribution in [0.1, 0.15) is 26.3 Å². The van der Waals surface area contributed by atoms with E-state index in [-0.39, 0.29) is 0 Å². The summed E-state index contributed by atoms with van der Waals surface area (Å²) in [7, 11) is 2.04. The van der Waals surface area contributed by atoms with Gasteiger partial charge in [0.25, 0.3) is 0 Å². The Bertz CT molecular complexity index is 432. The lowest BCUT2D eigenvalue weighted by Gasteiger charge is -2.22. The highest BCUT2D eigenvalue weighted by Gasteiger charge is 2.06. The molecule has 0 fully saturated rings. The van der Waals surface area contributed by atoms with E-state index in [0.717, 1.165) is 31.4 Å². The molecule has 0 spiro atoms. The number of guanidine groups is 1. The number of ether oxygens (including phenoxy) is 2. The predicted octanol–water partition coefficient (Wildman–Crippen LogP) is 2.52. The smallest absolute Gasteiger partial charge is 0.194 e. The number of nitrogens with zero attached hydrogens (tertiary/aromatic N) is 2. The Morgan fingerprint density at radius 3 is 2.45 bits per heavy atom. The standard InChI is InChI=1S/C17H29N3O2/c1-5-18-17(19-12-13-21-6-2)20(4)14-15-8-10-16(11-9-15)22-7-3/h8-11H,5-7,12-14H2,1-4H3,(H,18,19). The van der Waals surface area contributed by atoms with Gasteiger partial charge < -0.3 is 19.7 Å². The molecule has 1 aromatic rings. The molecule has 0 radical (unpaired) electrons. The zero-order valence-corrected chi connectivity index (χ0v) is 14.3. The maximum absolute atomic E-state index is 5.46. The summed E-state index contributed by atoms with van der Waals surface area (Å²) in [5.74, 6) is 1.81. The molecule has 0 unspecified atom stereocenters.